The van der Waals surface area contributed by atoms with Gasteiger partial charge in [0, 0.05) is 0 Å². The van der Waals surface area contributed by atoms with E-state index in [1.807, 2.05) is 6.07 Å². The first-order valence-electron chi connectivity index (χ1n) is 3.56. The van der Waals surface area contributed by atoms with E-state index in [1.165, 1.54) is 0 Å². The van der Waals surface area contributed by atoms with Crippen molar-refractivity contribution >= 4 is 21.7 Å². The lowest BCUT2D eigenvalue weighted by atomic mass is 10.2. The number of rotatable bonds is 3. The van der Waals surface area contributed by atoms with Crippen LogP contribution in [0.5, 0.6) is 0 Å². The van der Waals surface area contributed by atoms with Crippen molar-refractivity contribution in [1.29, 1.82) is 0 Å². The summed E-state index contributed by atoms with van der Waals surface area (Å²) in [4.78, 5) is 0. The van der Waals surface area contributed by atoms with Crippen molar-refractivity contribution < 1.29 is 12.6 Å². The molecule has 0 spiro atoms. The molecule has 0 amide bonds. The fraction of sp³-hybridized carbons (Fsp3) is 0.250. The van der Waals surface area contributed by atoms with E-state index in [1.54, 1.807) is 24.3 Å². The van der Waals surface area contributed by atoms with Crippen molar-refractivity contribution in [3.8, 4) is 0 Å². The van der Waals surface area contributed by atoms with Gasteiger partial charge >= 0.3 is 0 Å². The van der Waals surface area contributed by atoms with Gasteiger partial charge in [-0.2, -0.15) is 8.42 Å². The zero-order valence-electron chi connectivity index (χ0n) is 6.98. The van der Waals surface area contributed by atoms with Crippen LogP contribution in [0, 0.1) is 0 Å². The zero-order valence-corrected chi connectivity index (χ0v) is 8.55. The van der Waals surface area contributed by atoms with E-state index in [4.69, 9.17) is 11.6 Å². The Labute approximate surface area is 82.4 Å². The van der Waals surface area contributed by atoms with Crippen LogP contribution in [0.15, 0.2) is 30.3 Å². The van der Waals surface area contributed by atoms with E-state index in [-0.39, 0.29) is 0 Å². The second-order valence-corrected chi connectivity index (χ2v) is 4.52. The Kier molecular flexibility index (Phi) is 3.30. The van der Waals surface area contributed by atoms with Crippen LogP contribution in [-0.4, -0.2) is 14.7 Å². The van der Waals surface area contributed by atoms with Crippen molar-refractivity contribution in [3.05, 3.63) is 35.9 Å². The molecule has 0 aromatic heterocycles. The molecule has 0 saturated heterocycles. The van der Waals surface area contributed by atoms with Gasteiger partial charge in [0.1, 0.15) is 0 Å². The molecule has 0 aliphatic carbocycles. The van der Waals surface area contributed by atoms with Gasteiger partial charge in [-0.05, 0) is 5.56 Å². The molecule has 0 N–H and O–H groups in total. The van der Waals surface area contributed by atoms with Gasteiger partial charge in [0.25, 0.3) is 10.1 Å². The lowest BCUT2D eigenvalue weighted by Gasteiger charge is -2.08. The minimum atomic E-state index is -3.50. The first kappa shape index (κ1) is 10.5. The summed E-state index contributed by atoms with van der Waals surface area (Å²) in [6.07, 6.45) is 0.964. The Bertz CT molecular complexity index is 360. The van der Waals surface area contributed by atoms with Crippen molar-refractivity contribution in [3.63, 3.8) is 0 Å². The quantitative estimate of drug-likeness (QED) is 0.577. The van der Waals surface area contributed by atoms with E-state index >= 15 is 0 Å². The fourth-order valence-electron chi connectivity index (χ4n) is 0.813. The van der Waals surface area contributed by atoms with Gasteiger partial charge in [-0.25, -0.2) is 4.18 Å². The Hall–Kier alpha value is -0.580. The van der Waals surface area contributed by atoms with Crippen molar-refractivity contribution in [1.82, 2.24) is 0 Å². The molecule has 0 saturated carbocycles. The van der Waals surface area contributed by atoms with Crippen molar-refractivity contribution in [2.75, 3.05) is 6.26 Å². The molecule has 0 aliphatic rings. The third-order valence-electron chi connectivity index (χ3n) is 1.32. The van der Waals surface area contributed by atoms with E-state index in [2.05, 4.69) is 4.18 Å². The van der Waals surface area contributed by atoms with Crippen molar-refractivity contribution in [2.45, 2.75) is 5.56 Å². The van der Waals surface area contributed by atoms with Crippen LogP contribution >= 0.6 is 11.6 Å². The third-order valence-corrected chi connectivity index (χ3v) is 2.31. The van der Waals surface area contributed by atoms with Gasteiger partial charge in [-0.3, -0.25) is 0 Å². The van der Waals surface area contributed by atoms with E-state index in [0.717, 1.165) is 6.26 Å². The van der Waals surface area contributed by atoms with E-state index < -0.39 is 15.7 Å². The largest absolute Gasteiger partial charge is 0.266 e. The number of benzene rings is 1. The molecule has 72 valence electrons. The summed E-state index contributed by atoms with van der Waals surface area (Å²) in [5.74, 6) is 0. The monoisotopic (exact) mass is 220 g/mol. The first-order chi connectivity index (χ1) is 5.99. The highest BCUT2D eigenvalue weighted by Crippen LogP contribution is 2.22. The Morgan fingerprint density at radius 2 is 1.85 bits per heavy atom. The molecule has 3 nitrogen and oxygen atoms in total. The highest BCUT2D eigenvalue weighted by atomic mass is 35.5. The molecule has 5 heteroatoms. The van der Waals surface area contributed by atoms with E-state index in [9.17, 15) is 8.42 Å². The zero-order chi connectivity index (χ0) is 9.90. The maximum Gasteiger partial charge on any atom is 0.266 e. The standard InChI is InChI=1S/C8H9ClO3S/c1-13(10,11)12-8(9)7-5-3-2-4-6-7/h2-6,8H,1H3. The highest BCUT2D eigenvalue weighted by Gasteiger charge is 2.13. The molecule has 1 atom stereocenters. The topological polar surface area (TPSA) is 43.4 Å². The summed E-state index contributed by atoms with van der Waals surface area (Å²) in [6.45, 7) is 0. The molecule has 1 rings (SSSR count). The van der Waals surface area contributed by atoms with Gasteiger partial charge in [-0.1, -0.05) is 41.9 Å². The minimum Gasteiger partial charge on any atom is -0.246 e. The molecular weight excluding hydrogens is 212 g/mol. The molecule has 0 radical (unpaired) electrons. The summed E-state index contributed by atoms with van der Waals surface area (Å²) in [5, 5.41) is 0. The third kappa shape index (κ3) is 3.76. The van der Waals surface area contributed by atoms with Crippen LogP contribution in [0.25, 0.3) is 0 Å². The van der Waals surface area contributed by atoms with Crippen LogP contribution < -0.4 is 0 Å². The van der Waals surface area contributed by atoms with Gasteiger partial charge < -0.3 is 0 Å². The van der Waals surface area contributed by atoms with Crippen LogP contribution in [0.1, 0.15) is 11.1 Å². The van der Waals surface area contributed by atoms with Gasteiger partial charge in [0.15, 0.2) is 5.56 Å². The van der Waals surface area contributed by atoms with Crippen LogP contribution in [0.2, 0.25) is 0 Å². The minimum absolute atomic E-state index is 0.620. The molecule has 13 heavy (non-hydrogen) atoms. The summed E-state index contributed by atoms with van der Waals surface area (Å²) in [6, 6.07) is 8.73. The normalized spacial score (nSPS) is 14.0. The summed E-state index contributed by atoms with van der Waals surface area (Å²) in [5.41, 5.74) is -0.328. The van der Waals surface area contributed by atoms with Crippen molar-refractivity contribution in [2.24, 2.45) is 0 Å². The highest BCUT2D eigenvalue weighted by molar-refractivity contribution is 7.86. The average molecular weight is 221 g/mol. The molecule has 1 aromatic carbocycles. The lowest BCUT2D eigenvalue weighted by molar-refractivity contribution is 0.295. The lowest BCUT2D eigenvalue weighted by Crippen LogP contribution is -2.05. The summed E-state index contributed by atoms with van der Waals surface area (Å²) < 4.78 is 26.0. The number of hydrogen-bond donors (Lipinski definition) is 0. The summed E-state index contributed by atoms with van der Waals surface area (Å²) >= 11 is 5.69. The predicted octanol–water partition coefficient (Wildman–Crippen LogP) is 1.90. The number of alkyl halides is 1. The second-order valence-electron chi connectivity index (χ2n) is 2.53. The van der Waals surface area contributed by atoms with Crippen LogP contribution in [0.3, 0.4) is 0 Å². The smallest absolute Gasteiger partial charge is 0.246 e. The molecule has 0 fully saturated rings. The van der Waals surface area contributed by atoms with Gasteiger partial charge in [0.2, 0.25) is 0 Å². The predicted molar refractivity (Wildman–Crippen MR) is 51.0 cm³/mol. The molecule has 1 aromatic rings. The fourth-order valence-corrected chi connectivity index (χ4v) is 1.77. The summed E-state index contributed by atoms with van der Waals surface area (Å²) in [7, 11) is -3.50. The Balaban J connectivity index is 2.76. The second kappa shape index (κ2) is 4.09. The Morgan fingerprint density at radius 3 is 2.31 bits per heavy atom. The van der Waals surface area contributed by atoms with Gasteiger partial charge in [0.05, 0.1) is 6.26 Å². The first-order valence-corrected chi connectivity index (χ1v) is 5.81. The molecule has 1 unspecified atom stereocenters. The van der Waals surface area contributed by atoms with Crippen LogP contribution in [0.4, 0.5) is 0 Å². The maximum atomic E-state index is 10.7. The maximum absolute atomic E-state index is 10.7. The number of halogens is 1. The molecule has 0 bridgehead atoms. The van der Waals surface area contributed by atoms with Crippen LogP contribution in [-0.2, 0) is 14.3 Å². The molecular formula is C8H9ClO3S. The molecule has 0 heterocycles. The average Bonchev–Trinajstić information content (AvgIpc) is 2.03. The molecule has 0 aliphatic heterocycles. The Morgan fingerprint density at radius 1 is 1.31 bits per heavy atom. The van der Waals surface area contributed by atoms with E-state index in [0.29, 0.717) is 5.56 Å². The van der Waals surface area contributed by atoms with Gasteiger partial charge in [-0.15, -0.1) is 0 Å². The number of hydrogen-bond acceptors (Lipinski definition) is 3. The SMILES string of the molecule is CS(=O)(=O)OC(Cl)c1ccccc1.